The van der Waals surface area contributed by atoms with E-state index in [9.17, 15) is 4.79 Å². The minimum Gasteiger partial charge on any atom is -0.352 e. The van der Waals surface area contributed by atoms with Crippen molar-refractivity contribution in [2.75, 3.05) is 23.0 Å². The van der Waals surface area contributed by atoms with Gasteiger partial charge < -0.3 is 4.90 Å². The molecule has 3 nitrogen and oxygen atoms in total. The maximum Gasteiger partial charge on any atom is 0.161 e. The largest absolute Gasteiger partial charge is 0.352 e. The third-order valence-corrected chi connectivity index (χ3v) is 4.01. The van der Waals surface area contributed by atoms with E-state index in [1.807, 2.05) is 23.9 Å². The van der Waals surface area contributed by atoms with E-state index in [2.05, 4.69) is 16.8 Å². The van der Waals surface area contributed by atoms with E-state index < -0.39 is 0 Å². The number of carbonyl (C=O) groups excluding carboxylic acids is 1. The first kappa shape index (κ1) is 11.5. The SMILES string of the molecule is CC(=O)c1ccc(N2CCSCC2C)nc1. The summed E-state index contributed by atoms with van der Waals surface area (Å²) in [5.41, 5.74) is 0.683. The van der Waals surface area contributed by atoms with Crippen molar-refractivity contribution < 1.29 is 4.79 Å². The molecule has 4 heteroatoms. The van der Waals surface area contributed by atoms with Gasteiger partial charge in [-0.05, 0) is 26.0 Å². The van der Waals surface area contributed by atoms with E-state index in [0.29, 0.717) is 11.6 Å². The normalized spacial score (nSPS) is 20.9. The number of pyridine rings is 1. The van der Waals surface area contributed by atoms with Gasteiger partial charge in [-0.2, -0.15) is 11.8 Å². The van der Waals surface area contributed by atoms with Crippen LogP contribution in [-0.2, 0) is 0 Å². The van der Waals surface area contributed by atoms with E-state index in [-0.39, 0.29) is 5.78 Å². The average Bonchev–Trinajstić information content (AvgIpc) is 2.30. The van der Waals surface area contributed by atoms with Crippen molar-refractivity contribution in [3.05, 3.63) is 23.9 Å². The summed E-state index contributed by atoms with van der Waals surface area (Å²) >= 11 is 1.99. The van der Waals surface area contributed by atoms with Gasteiger partial charge in [0, 0.05) is 35.9 Å². The number of ketones is 1. The Labute approximate surface area is 100 Å². The van der Waals surface area contributed by atoms with Gasteiger partial charge >= 0.3 is 0 Å². The molecule has 1 atom stereocenters. The highest BCUT2D eigenvalue weighted by atomic mass is 32.2. The van der Waals surface area contributed by atoms with Gasteiger partial charge in [0.1, 0.15) is 5.82 Å². The molecule has 1 aliphatic rings. The van der Waals surface area contributed by atoms with Crippen molar-refractivity contribution in [1.82, 2.24) is 4.98 Å². The molecule has 2 rings (SSSR count). The molecule has 2 heterocycles. The highest BCUT2D eigenvalue weighted by Crippen LogP contribution is 2.22. The molecule has 0 bridgehead atoms. The summed E-state index contributed by atoms with van der Waals surface area (Å²) in [4.78, 5) is 17.8. The molecule has 0 N–H and O–H groups in total. The van der Waals surface area contributed by atoms with Crippen LogP contribution in [0.4, 0.5) is 5.82 Å². The van der Waals surface area contributed by atoms with Gasteiger partial charge in [-0.25, -0.2) is 4.98 Å². The number of thioether (sulfide) groups is 1. The van der Waals surface area contributed by atoms with Crippen molar-refractivity contribution in [2.45, 2.75) is 19.9 Å². The first-order chi connectivity index (χ1) is 7.68. The fraction of sp³-hybridized carbons (Fsp3) is 0.500. The second-order valence-corrected chi connectivity index (χ2v) is 5.23. The molecule has 1 saturated heterocycles. The topological polar surface area (TPSA) is 33.2 Å². The molecule has 1 fully saturated rings. The van der Waals surface area contributed by atoms with Gasteiger partial charge in [-0.3, -0.25) is 4.79 Å². The summed E-state index contributed by atoms with van der Waals surface area (Å²) in [6, 6.07) is 4.33. The Kier molecular flexibility index (Phi) is 3.49. The van der Waals surface area contributed by atoms with E-state index in [4.69, 9.17) is 0 Å². The third kappa shape index (κ3) is 2.38. The molecule has 86 valence electrons. The lowest BCUT2D eigenvalue weighted by Crippen LogP contribution is -2.40. The highest BCUT2D eigenvalue weighted by molar-refractivity contribution is 7.99. The van der Waals surface area contributed by atoms with Crippen molar-refractivity contribution >= 4 is 23.4 Å². The molecule has 0 spiro atoms. The third-order valence-electron chi connectivity index (χ3n) is 2.82. The fourth-order valence-electron chi connectivity index (χ4n) is 1.83. The predicted molar refractivity (Wildman–Crippen MR) is 68.4 cm³/mol. The van der Waals surface area contributed by atoms with Crippen LogP contribution in [0.15, 0.2) is 18.3 Å². The Morgan fingerprint density at radius 3 is 2.94 bits per heavy atom. The van der Waals surface area contributed by atoms with E-state index in [1.165, 1.54) is 0 Å². The number of hydrogen-bond donors (Lipinski definition) is 0. The molecule has 1 unspecified atom stereocenters. The molecule has 0 saturated carbocycles. The van der Waals surface area contributed by atoms with Crippen LogP contribution in [0.3, 0.4) is 0 Å². The zero-order valence-corrected chi connectivity index (χ0v) is 10.5. The smallest absolute Gasteiger partial charge is 0.161 e. The van der Waals surface area contributed by atoms with E-state index in [1.54, 1.807) is 13.1 Å². The summed E-state index contributed by atoms with van der Waals surface area (Å²) in [5.74, 6) is 3.36. The quantitative estimate of drug-likeness (QED) is 0.737. The van der Waals surface area contributed by atoms with E-state index >= 15 is 0 Å². The molecular formula is C12H16N2OS. The van der Waals surface area contributed by atoms with Crippen molar-refractivity contribution in [1.29, 1.82) is 0 Å². The Bertz CT molecular complexity index is 377. The molecule has 1 aromatic rings. The van der Waals surface area contributed by atoms with Crippen LogP contribution in [0.2, 0.25) is 0 Å². The van der Waals surface area contributed by atoms with Crippen molar-refractivity contribution in [2.24, 2.45) is 0 Å². The number of carbonyl (C=O) groups is 1. The Morgan fingerprint density at radius 2 is 2.38 bits per heavy atom. The lowest BCUT2D eigenvalue weighted by Gasteiger charge is -2.34. The van der Waals surface area contributed by atoms with Crippen molar-refractivity contribution in [3.63, 3.8) is 0 Å². The number of nitrogens with zero attached hydrogens (tertiary/aromatic N) is 2. The van der Waals surface area contributed by atoms with Crippen LogP contribution < -0.4 is 4.90 Å². The van der Waals surface area contributed by atoms with Gasteiger partial charge in [-0.1, -0.05) is 0 Å². The average molecular weight is 236 g/mol. The molecule has 0 amide bonds. The Morgan fingerprint density at radius 1 is 1.56 bits per heavy atom. The summed E-state index contributed by atoms with van der Waals surface area (Å²) in [6.45, 7) is 4.82. The van der Waals surface area contributed by atoms with Crippen molar-refractivity contribution in [3.8, 4) is 0 Å². The standard InChI is InChI=1S/C12H16N2OS/c1-9-8-16-6-5-14(9)12-4-3-11(7-13-12)10(2)15/h3-4,7,9H,5-6,8H2,1-2H3. The molecule has 0 aromatic carbocycles. The van der Waals surface area contributed by atoms with Crippen LogP contribution in [0.1, 0.15) is 24.2 Å². The lowest BCUT2D eigenvalue weighted by molar-refractivity contribution is 0.101. The predicted octanol–water partition coefficient (Wildman–Crippen LogP) is 2.23. The van der Waals surface area contributed by atoms with Gasteiger partial charge in [0.2, 0.25) is 0 Å². The summed E-state index contributed by atoms with van der Waals surface area (Å²) in [6.07, 6.45) is 1.67. The van der Waals surface area contributed by atoms with Crippen LogP contribution in [0.25, 0.3) is 0 Å². The Balaban J connectivity index is 2.17. The number of anilines is 1. The molecule has 0 aliphatic carbocycles. The maximum atomic E-state index is 11.1. The molecule has 16 heavy (non-hydrogen) atoms. The second-order valence-electron chi connectivity index (χ2n) is 4.08. The number of hydrogen-bond acceptors (Lipinski definition) is 4. The van der Waals surface area contributed by atoms with Gasteiger partial charge in [0.05, 0.1) is 0 Å². The number of Topliss-reactive ketones (excluding diaryl/α,β-unsaturated/α-hetero) is 1. The highest BCUT2D eigenvalue weighted by Gasteiger charge is 2.19. The van der Waals surface area contributed by atoms with E-state index in [0.717, 1.165) is 23.9 Å². The zero-order chi connectivity index (χ0) is 11.5. The van der Waals surface area contributed by atoms with Gasteiger partial charge in [-0.15, -0.1) is 0 Å². The summed E-state index contributed by atoms with van der Waals surface area (Å²) in [5, 5.41) is 0. The lowest BCUT2D eigenvalue weighted by atomic mass is 10.2. The van der Waals surface area contributed by atoms with Crippen LogP contribution in [-0.4, -0.2) is 34.9 Å². The molecule has 0 radical (unpaired) electrons. The molecule has 1 aromatic heterocycles. The second kappa shape index (κ2) is 4.87. The van der Waals surface area contributed by atoms with Crippen LogP contribution in [0, 0.1) is 0 Å². The fourth-order valence-corrected chi connectivity index (χ4v) is 2.85. The van der Waals surface area contributed by atoms with Gasteiger partial charge in [0.25, 0.3) is 0 Å². The minimum atomic E-state index is 0.0706. The monoisotopic (exact) mass is 236 g/mol. The Hall–Kier alpha value is -1.03. The summed E-state index contributed by atoms with van der Waals surface area (Å²) in [7, 11) is 0. The number of rotatable bonds is 2. The van der Waals surface area contributed by atoms with Gasteiger partial charge in [0.15, 0.2) is 5.78 Å². The maximum absolute atomic E-state index is 11.1. The molecule has 1 aliphatic heterocycles. The minimum absolute atomic E-state index is 0.0706. The first-order valence-electron chi connectivity index (χ1n) is 5.50. The van der Waals surface area contributed by atoms with Crippen LogP contribution >= 0.6 is 11.8 Å². The zero-order valence-electron chi connectivity index (χ0n) is 9.64. The number of aromatic nitrogens is 1. The first-order valence-corrected chi connectivity index (χ1v) is 6.65. The van der Waals surface area contributed by atoms with Crippen LogP contribution in [0.5, 0.6) is 0 Å². The summed E-state index contributed by atoms with van der Waals surface area (Å²) < 4.78 is 0. The molecular weight excluding hydrogens is 220 g/mol.